The summed E-state index contributed by atoms with van der Waals surface area (Å²) in [6.07, 6.45) is 0.802. The molecule has 0 saturated carbocycles. The van der Waals surface area contributed by atoms with Gasteiger partial charge in [-0.2, -0.15) is 4.98 Å². The van der Waals surface area contributed by atoms with Crippen molar-refractivity contribution < 1.29 is 4.52 Å². The number of rotatable bonds is 6. The molecule has 5 heteroatoms. The van der Waals surface area contributed by atoms with Crippen LogP contribution in [0.2, 0.25) is 0 Å². The Kier molecular flexibility index (Phi) is 4.58. The number of hydrogen-bond acceptors (Lipinski definition) is 5. The summed E-state index contributed by atoms with van der Waals surface area (Å²) in [4.78, 5) is 5.53. The Morgan fingerprint density at radius 2 is 2.12 bits per heavy atom. The van der Waals surface area contributed by atoms with E-state index in [9.17, 15) is 0 Å². The fraction of sp³-hybridized carbons (Fsp3) is 0.333. The summed E-state index contributed by atoms with van der Waals surface area (Å²) in [5, 5.41) is 6.98. The molecule has 1 N–H and O–H groups in total. The van der Waals surface area contributed by atoms with Crippen LogP contribution in [0.5, 0.6) is 0 Å². The molecular weight excluding hydrogens is 234 g/mol. The highest BCUT2D eigenvalue weighted by atomic mass is 32.2. The summed E-state index contributed by atoms with van der Waals surface area (Å²) in [5.41, 5.74) is 0. The highest BCUT2D eigenvalue weighted by molar-refractivity contribution is 7.98. The SMILES string of the molecule is CNCCc1noc(CSc2ccccc2)n1. The van der Waals surface area contributed by atoms with Gasteiger partial charge < -0.3 is 9.84 Å². The van der Waals surface area contributed by atoms with E-state index in [2.05, 4.69) is 27.6 Å². The summed E-state index contributed by atoms with van der Waals surface area (Å²) in [6.45, 7) is 0.866. The molecule has 2 rings (SSSR count). The second kappa shape index (κ2) is 6.42. The van der Waals surface area contributed by atoms with Crippen LogP contribution in [0.1, 0.15) is 11.7 Å². The van der Waals surface area contributed by atoms with Gasteiger partial charge in [0.25, 0.3) is 0 Å². The zero-order chi connectivity index (χ0) is 11.9. The first-order valence-electron chi connectivity index (χ1n) is 5.52. The molecule has 1 aromatic heterocycles. The van der Waals surface area contributed by atoms with Gasteiger partial charge in [-0.3, -0.25) is 0 Å². The predicted octanol–water partition coefficient (Wildman–Crippen LogP) is 2.12. The van der Waals surface area contributed by atoms with Gasteiger partial charge in [0.05, 0.1) is 5.75 Å². The first kappa shape index (κ1) is 12.1. The molecule has 2 aromatic rings. The Hall–Kier alpha value is -1.33. The van der Waals surface area contributed by atoms with E-state index in [4.69, 9.17) is 4.52 Å². The monoisotopic (exact) mass is 249 g/mol. The number of nitrogens with one attached hydrogen (secondary N) is 1. The van der Waals surface area contributed by atoms with E-state index >= 15 is 0 Å². The quantitative estimate of drug-likeness (QED) is 0.795. The Bertz CT molecular complexity index is 444. The number of likely N-dealkylation sites (N-methyl/N-ethyl adjacent to an activating group) is 1. The summed E-state index contributed by atoms with van der Waals surface area (Å²) < 4.78 is 5.17. The largest absolute Gasteiger partial charge is 0.338 e. The summed E-state index contributed by atoms with van der Waals surface area (Å²) in [7, 11) is 1.91. The lowest BCUT2D eigenvalue weighted by molar-refractivity contribution is 0.384. The first-order chi connectivity index (χ1) is 8.38. The number of thioether (sulfide) groups is 1. The minimum absolute atomic E-state index is 0.685. The number of aromatic nitrogens is 2. The topological polar surface area (TPSA) is 51.0 Å². The molecule has 0 amide bonds. The van der Waals surface area contributed by atoms with Crippen LogP contribution in [0.15, 0.2) is 39.8 Å². The van der Waals surface area contributed by atoms with E-state index in [0.29, 0.717) is 5.89 Å². The van der Waals surface area contributed by atoms with Gasteiger partial charge in [0.15, 0.2) is 5.82 Å². The molecule has 17 heavy (non-hydrogen) atoms. The zero-order valence-electron chi connectivity index (χ0n) is 9.72. The van der Waals surface area contributed by atoms with Gasteiger partial charge in [-0.25, -0.2) is 0 Å². The lowest BCUT2D eigenvalue weighted by atomic mass is 10.4. The van der Waals surface area contributed by atoms with Gasteiger partial charge in [0.2, 0.25) is 5.89 Å². The maximum Gasteiger partial charge on any atom is 0.237 e. The standard InChI is InChI=1S/C12H15N3OS/c1-13-8-7-11-14-12(16-15-11)9-17-10-5-3-2-4-6-10/h2-6,13H,7-9H2,1H3. The smallest absolute Gasteiger partial charge is 0.237 e. The number of nitrogens with zero attached hydrogens (tertiary/aromatic N) is 2. The van der Waals surface area contributed by atoms with Crippen molar-refractivity contribution >= 4 is 11.8 Å². The molecule has 0 aliphatic carbocycles. The Morgan fingerprint density at radius 3 is 2.88 bits per heavy atom. The minimum atomic E-state index is 0.685. The molecular formula is C12H15N3OS. The molecule has 0 radical (unpaired) electrons. The van der Waals surface area contributed by atoms with Crippen molar-refractivity contribution in [2.24, 2.45) is 0 Å². The number of benzene rings is 1. The van der Waals surface area contributed by atoms with Gasteiger partial charge in [-0.1, -0.05) is 23.4 Å². The first-order valence-corrected chi connectivity index (χ1v) is 6.51. The highest BCUT2D eigenvalue weighted by Gasteiger charge is 2.06. The van der Waals surface area contributed by atoms with Crippen molar-refractivity contribution in [3.05, 3.63) is 42.0 Å². The van der Waals surface area contributed by atoms with Crippen molar-refractivity contribution in [2.75, 3.05) is 13.6 Å². The molecule has 0 aliphatic rings. The van der Waals surface area contributed by atoms with E-state index in [0.717, 1.165) is 24.5 Å². The molecule has 0 bridgehead atoms. The zero-order valence-corrected chi connectivity index (χ0v) is 10.5. The Balaban J connectivity index is 1.85. The van der Waals surface area contributed by atoms with Crippen LogP contribution in [0, 0.1) is 0 Å². The Morgan fingerprint density at radius 1 is 1.29 bits per heavy atom. The molecule has 0 aliphatic heterocycles. The lowest BCUT2D eigenvalue weighted by Crippen LogP contribution is -2.11. The van der Waals surface area contributed by atoms with Gasteiger partial charge >= 0.3 is 0 Å². The van der Waals surface area contributed by atoms with Crippen molar-refractivity contribution in [3.8, 4) is 0 Å². The minimum Gasteiger partial charge on any atom is -0.338 e. The second-order valence-corrected chi connectivity index (χ2v) is 4.61. The van der Waals surface area contributed by atoms with Crippen LogP contribution in [0.4, 0.5) is 0 Å². The lowest BCUT2D eigenvalue weighted by Gasteiger charge is -1.96. The average molecular weight is 249 g/mol. The van der Waals surface area contributed by atoms with Crippen LogP contribution in [0.3, 0.4) is 0 Å². The van der Waals surface area contributed by atoms with Crippen LogP contribution in [-0.4, -0.2) is 23.7 Å². The fourth-order valence-electron chi connectivity index (χ4n) is 1.35. The predicted molar refractivity (Wildman–Crippen MR) is 67.9 cm³/mol. The van der Waals surface area contributed by atoms with Crippen molar-refractivity contribution in [1.82, 2.24) is 15.5 Å². The number of hydrogen-bond donors (Lipinski definition) is 1. The van der Waals surface area contributed by atoms with Gasteiger partial charge in [-0.15, -0.1) is 11.8 Å². The van der Waals surface area contributed by atoms with Gasteiger partial charge in [-0.05, 0) is 19.2 Å². The highest BCUT2D eigenvalue weighted by Crippen LogP contribution is 2.21. The van der Waals surface area contributed by atoms with Crippen LogP contribution >= 0.6 is 11.8 Å². The van der Waals surface area contributed by atoms with E-state index in [1.807, 2.05) is 25.2 Å². The molecule has 90 valence electrons. The molecule has 0 spiro atoms. The van der Waals surface area contributed by atoms with E-state index in [1.54, 1.807) is 11.8 Å². The van der Waals surface area contributed by atoms with E-state index in [-0.39, 0.29) is 0 Å². The third-order valence-electron chi connectivity index (χ3n) is 2.21. The van der Waals surface area contributed by atoms with Crippen molar-refractivity contribution in [2.45, 2.75) is 17.1 Å². The summed E-state index contributed by atoms with van der Waals surface area (Å²) in [6, 6.07) is 10.2. The van der Waals surface area contributed by atoms with E-state index in [1.165, 1.54) is 4.90 Å². The molecule has 0 unspecified atom stereocenters. The molecule has 4 nitrogen and oxygen atoms in total. The van der Waals surface area contributed by atoms with Gasteiger partial charge in [0, 0.05) is 17.9 Å². The van der Waals surface area contributed by atoms with E-state index < -0.39 is 0 Å². The third-order valence-corrected chi connectivity index (χ3v) is 3.21. The molecule has 0 fully saturated rings. The van der Waals surface area contributed by atoms with Crippen LogP contribution < -0.4 is 5.32 Å². The van der Waals surface area contributed by atoms with Crippen molar-refractivity contribution in [3.63, 3.8) is 0 Å². The summed E-state index contributed by atoms with van der Waals surface area (Å²) >= 11 is 1.70. The summed E-state index contributed by atoms with van der Waals surface area (Å²) in [5.74, 6) is 2.17. The normalized spacial score (nSPS) is 10.6. The molecule has 0 atom stereocenters. The van der Waals surface area contributed by atoms with Crippen molar-refractivity contribution in [1.29, 1.82) is 0 Å². The fourth-order valence-corrected chi connectivity index (χ4v) is 2.11. The molecule has 1 heterocycles. The molecule has 1 aromatic carbocycles. The maximum atomic E-state index is 5.17. The average Bonchev–Trinajstić information content (AvgIpc) is 2.83. The van der Waals surface area contributed by atoms with Crippen LogP contribution in [-0.2, 0) is 12.2 Å². The second-order valence-electron chi connectivity index (χ2n) is 3.56. The Labute approximate surface area is 105 Å². The third kappa shape index (κ3) is 3.87. The molecule has 0 saturated heterocycles. The van der Waals surface area contributed by atoms with Crippen LogP contribution in [0.25, 0.3) is 0 Å². The maximum absolute atomic E-state index is 5.17. The van der Waals surface area contributed by atoms with Gasteiger partial charge in [0.1, 0.15) is 0 Å².